The molecule has 0 spiro atoms. The molecular weight excluding hydrogens is 357 g/mol. The molecule has 1 amide bonds. The molecule has 1 rings (SSSR count). The Labute approximate surface area is 143 Å². The quantitative estimate of drug-likeness (QED) is 0.364. The Balaban J connectivity index is 2.43. The van der Waals surface area contributed by atoms with Gasteiger partial charge in [-0.15, -0.1) is 0 Å². The lowest BCUT2D eigenvalue weighted by Crippen LogP contribution is -2.50. The van der Waals surface area contributed by atoms with Gasteiger partial charge in [-0.2, -0.15) is 0 Å². The van der Waals surface area contributed by atoms with E-state index in [0.717, 1.165) is 5.56 Å². The highest BCUT2D eigenvalue weighted by atomic mass is 31.2. The van der Waals surface area contributed by atoms with E-state index >= 15 is 0 Å². The van der Waals surface area contributed by atoms with Crippen LogP contribution in [0, 0.1) is 0 Å². The number of rotatable bonds is 9. The number of hydrogen-bond acceptors (Lipinski definition) is 7. The zero-order valence-corrected chi connectivity index (χ0v) is 14.2. The summed E-state index contributed by atoms with van der Waals surface area (Å²) in [5.41, 5.74) is 0.746. The number of hydrogen-bond donors (Lipinski definition) is 5. The summed E-state index contributed by atoms with van der Waals surface area (Å²) in [6.07, 6.45) is -4.60. The standard InChI is InChI=1S/C14H20NO9P/c1-9(12(17)13(18)11(16)8-24-25(20,21)22)15-14(19)23-7-10-5-3-2-4-6-10/h2-6,9,12-13,17-18H,7-8H2,1H3,(H,15,19)(H2,20,21,22)/t9-,12?,13-/m1/s1. The van der Waals surface area contributed by atoms with Gasteiger partial charge in [0.2, 0.25) is 0 Å². The third kappa shape index (κ3) is 8.21. The molecule has 1 aromatic carbocycles. The van der Waals surface area contributed by atoms with E-state index in [1.165, 1.54) is 6.92 Å². The number of benzene rings is 1. The number of ketones is 1. The maximum absolute atomic E-state index is 11.6. The van der Waals surface area contributed by atoms with E-state index < -0.39 is 44.6 Å². The summed E-state index contributed by atoms with van der Waals surface area (Å²) in [4.78, 5) is 40.1. The molecule has 11 heteroatoms. The molecule has 0 heterocycles. The number of phosphoric ester groups is 1. The fourth-order valence-corrected chi connectivity index (χ4v) is 2.03. The Bertz CT molecular complexity index is 618. The SMILES string of the molecule is C[C@@H](NC(=O)OCc1ccccc1)C(O)[C@H](O)C(=O)COP(=O)(O)O. The monoisotopic (exact) mass is 377 g/mol. The molecule has 10 nitrogen and oxygen atoms in total. The summed E-state index contributed by atoms with van der Waals surface area (Å²) in [5.74, 6) is -1.15. The molecule has 0 aromatic heterocycles. The average Bonchev–Trinajstić information content (AvgIpc) is 2.56. The number of carbonyl (C=O) groups is 2. The van der Waals surface area contributed by atoms with Crippen molar-refractivity contribution < 1.29 is 43.4 Å². The maximum atomic E-state index is 11.6. The van der Waals surface area contributed by atoms with Crippen LogP contribution in [0.2, 0.25) is 0 Å². The number of amides is 1. The van der Waals surface area contributed by atoms with Gasteiger partial charge in [-0.05, 0) is 12.5 Å². The summed E-state index contributed by atoms with van der Waals surface area (Å²) in [5, 5.41) is 21.7. The molecule has 0 aliphatic rings. The minimum atomic E-state index is -4.88. The molecule has 0 radical (unpaired) electrons. The summed E-state index contributed by atoms with van der Waals surface area (Å²) < 4.78 is 19.4. The van der Waals surface area contributed by atoms with Gasteiger partial charge in [0.15, 0.2) is 5.78 Å². The van der Waals surface area contributed by atoms with Crippen LogP contribution in [0.15, 0.2) is 30.3 Å². The molecule has 0 aliphatic carbocycles. The molecule has 0 saturated carbocycles. The molecule has 1 unspecified atom stereocenters. The minimum Gasteiger partial charge on any atom is -0.445 e. The van der Waals surface area contributed by atoms with Crippen LogP contribution >= 0.6 is 7.82 Å². The van der Waals surface area contributed by atoms with Gasteiger partial charge in [-0.1, -0.05) is 30.3 Å². The van der Waals surface area contributed by atoms with Crippen molar-refractivity contribution in [3.8, 4) is 0 Å². The second-order valence-electron chi connectivity index (χ2n) is 5.16. The predicted molar refractivity (Wildman–Crippen MR) is 84.2 cm³/mol. The van der Waals surface area contributed by atoms with Gasteiger partial charge in [-0.25, -0.2) is 9.36 Å². The number of phosphoric acid groups is 1. The van der Waals surface area contributed by atoms with Crippen molar-refractivity contribution in [2.24, 2.45) is 0 Å². The molecule has 140 valence electrons. The maximum Gasteiger partial charge on any atom is 0.470 e. The first kappa shape index (κ1) is 21.2. The first-order valence-corrected chi connectivity index (χ1v) is 8.69. The Kier molecular flexibility index (Phi) is 8.17. The van der Waals surface area contributed by atoms with E-state index in [4.69, 9.17) is 14.5 Å². The lowest BCUT2D eigenvalue weighted by atomic mass is 10.0. The molecule has 0 aliphatic heterocycles. The van der Waals surface area contributed by atoms with Crippen LogP contribution in [0.5, 0.6) is 0 Å². The molecule has 0 fully saturated rings. The van der Waals surface area contributed by atoms with Gasteiger partial charge in [0.05, 0.1) is 6.04 Å². The van der Waals surface area contributed by atoms with Crippen molar-refractivity contribution >= 4 is 19.7 Å². The molecule has 25 heavy (non-hydrogen) atoms. The third-order valence-corrected chi connectivity index (χ3v) is 3.56. The molecule has 3 atom stereocenters. The molecular formula is C14H20NO9P. The van der Waals surface area contributed by atoms with Crippen LogP contribution < -0.4 is 5.32 Å². The Morgan fingerprint density at radius 3 is 2.36 bits per heavy atom. The fraction of sp³-hybridized carbons (Fsp3) is 0.429. The fourth-order valence-electron chi connectivity index (χ4n) is 1.73. The van der Waals surface area contributed by atoms with Crippen LogP contribution in [0.1, 0.15) is 12.5 Å². The number of aliphatic hydroxyl groups is 2. The lowest BCUT2D eigenvalue weighted by molar-refractivity contribution is -0.136. The van der Waals surface area contributed by atoms with Crippen LogP contribution in [-0.2, 0) is 25.2 Å². The first-order chi connectivity index (χ1) is 11.6. The van der Waals surface area contributed by atoms with E-state index in [-0.39, 0.29) is 6.61 Å². The van der Waals surface area contributed by atoms with E-state index in [2.05, 4.69) is 9.84 Å². The number of ether oxygens (including phenoxy) is 1. The first-order valence-electron chi connectivity index (χ1n) is 7.16. The van der Waals surface area contributed by atoms with Crippen molar-refractivity contribution in [3.05, 3.63) is 35.9 Å². The predicted octanol–water partition coefficient (Wildman–Crippen LogP) is -0.298. The second kappa shape index (κ2) is 9.62. The van der Waals surface area contributed by atoms with Crippen molar-refractivity contribution in [3.63, 3.8) is 0 Å². The van der Waals surface area contributed by atoms with E-state index in [1.807, 2.05) is 0 Å². The highest BCUT2D eigenvalue weighted by Crippen LogP contribution is 2.35. The zero-order valence-electron chi connectivity index (χ0n) is 13.3. The smallest absolute Gasteiger partial charge is 0.445 e. The van der Waals surface area contributed by atoms with Gasteiger partial charge < -0.3 is 30.1 Å². The topological polar surface area (TPSA) is 163 Å². The van der Waals surface area contributed by atoms with Gasteiger partial charge in [-0.3, -0.25) is 9.32 Å². The second-order valence-corrected chi connectivity index (χ2v) is 6.40. The van der Waals surface area contributed by atoms with Crippen LogP contribution in [0.4, 0.5) is 4.79 Å². The summed E-state index contributed by atoms with van der Waals surface area (Å²) in [6, 6.07) is 7.76. The zero-order chi connectivity index (χ0) is 19.0. The Morgan fingerprint density at radius 2 is 1.80 bits per heavy atom. The van der Waals surface area contributed by atoms with Crippen LogP contribution in [-0.4, -0.2) is 56.7 Å². The molecule has 0 bridgehead atoms. The highest BCUT2D eigenvalue weighted by molar-refractivity contribution is 7.46. The summed E-state index contributed by atoms with van der Waals surface area (Å²) in [7, 11) is -4.88. The largest absolute Gasteiger partial charge is 0.470 e. The number of aliphatic hydroxyl groups excluding tert-OH is 2. The van der Waals surface area contributed by atoms with E-state index in [9.17, 15) is 24.4 Å². The number of alkyl carbamates (subject to hydrolysis) is 1. The highest BCUT2D eigenvalue weighted by Gasteiger charge is 2.31. The van der Waals surface area contributed by atoms with E-state index in [0.29, 0.717) is 0 Å². The summed E-state index contributed by atoms with van der Waals surface area (Å²) in [6.45, 7) is 0.218. The normalized spacial score (nSPS) is 15.1. The average molecular weight is 377 g/mol. The van der Waals surface area contributed by atoms with Gasteiger partial charge in [0, 0.05) is 0 Å². The lowest BCUT2D eigenvalue weighted by Gasteiger charge is -2.23. The van der Waals surface area contributed by atoms with Crippen LogP contribution in [0.3, 0.4) is 0 Å². The van der Waals surface area contributed by atoms with Gasteiger partial charge in [0.1, 0.15) is 25.4 Å². The van der Waals surface area contributed by atoms with Crippen molar-refractivity contribution in [1.29, 1.82) is 0 Å². The third-order valence-electron chi connectivity index (χ3n) is 3.10. The number of nitrogens with one attached hydrogen (secondary N) is 1. The van der Waals surface area contributed by atoms with Gasteiger partial charge >= 0.3 is 13.9 Å². The Hall–Kier alpha value is -1.81. The van der Waals surface area contributed by atoms with Gasteiger partial charge in [0.25, 0.3) is 0 Å². The molecule has 1 aromatic rings. The minimum absolute atomic E-state index is 0.00685. The number of carbonyl (C=O) groups excluding carboxylic acids is 2. The van der Waals surface area contributed by atoms with Crippen molar-refractivity contribution in [2.75, 3.05) is 6.61 Å². The van der Waals surface area contributed by atoms with E-state index in [1.54, 1.807) is 30.3 Å². The van der Waals surface area contributed by atoms with Crippen molar-refractivity contribution in [1.82, 2.24) is 5.32 Å². The summed E-state index contributed by atoms with van der Waals surface area (Å²) >= 11 is 0. The Morgan fingerprint density at radius 1 is 1.20 bits per heavy atom. The number of Topliss-reactive ketones (excluding diaryl/α,β-unsaturated/α-hetero) is 1. The van der Waals surface area contributed by atoms with Crippen molar-refractivity contribution in [2.45, 2.75) is 31.8 Å². The molecule has 5 N–H and O–H groups in total. The van der Waals surface area contributed by atoms with Crippen LogP contribution in [0.25, 0.3) is 0 Å². The molecule has 0 saturated heterocycles.